The monoisotopic (exact) mass is 280 g/mol. The molecule has 0 saturated carbocycles. The fourth-order valence-corrected chi connectivity index (χ4v) is 1.63. The predicted molar refractivity (Wildman–Crippen MR) is 73.4 cm³/mol. The summed E-state index contributed by atoms with van der Waals surface area (Å²) in [6, 6.07) is 7.35. The molecule has 0 spiro atoms. The van der Waals surface area contributed by atoms with Crippen molar-refractivity contribution < 1.29 is 19.4 Å². The third kappa shape index (κ3) is 5.08. The highest BCUT2D eigenvalue weighted by Crippen LogP contribution is 2.14. The molecule has 5 N–H and O–H groups in total. The molecular weight excluding hydrogens is 260 g/mol. The summed E-state index contributed by atoms with van der Waals surface area (Å²) in [6.45, 7) is 0.521. The van der Waals surface area contributed by atoms with Gasteiger partial charge >= 0.3 is 11.9 Å². The van der Waals surface area contributed by atoms with E-state index in [-0.39, 0.29) is 0 Å². The minimum absolute atomic E-state index is 0.363. The smallest absolute Gasteiger partial charge is 0.347 e. The van der Waals surface area contributed by atoms with Crippen molar-refractivity contribution in [2.75, 3.05) is 6.54 Å². The van der Waals surface area contributed by atoms with E-state index >= 15 is 0 Å². The molecule has 2 atom stereocenters. The van der Waals surface area contributed by atoms with E-state index in [0.29, 0.717) is 24.9 Å². The zero-order valence-corrected chi connectivity index (χ0v) is 11.2. The van der Waals surface area contributed by atoms with Gasteiger partial charge in [-0.1, -0.05) is 36.8 Å². The number of esters is 2. The highest BCUT2D eigenvalue weighted by atomic mass is 16.6. The second-order valence-electron chi connectivity index (χ2n) is 4.44. The summed E-state index contributed by atoms with van der Waals surface area (Å²) < 4.78 is 4.57. The van der Waals surface area contributed by atoms with Gasteiger partial charge in [0.25, 0.3) is 0 Å². The first-order valence-electron chi connectivity index (χ1n) is 6.50. The Morgan fingerprint density at radius 1 is 1.15 bits per heavy atom. The average molecular weight is 280 g/mol. The van der Waals surface area contributed by atoms with Crippen molar-refractivity contribution in [2.45, 2.75) is 31.4 Å². The second kappa shape index (κ2) is 8.42. The van der Waals surface area contributed by atoms with Crippen molar-refractivity contribution >= 4 is 11.9 Å². The van der Waals surface area contributed by atoms with Crippen molar-refractivity contribution in [1.82, 2.24) is 0 Å². The number of hydrogen-bond acceptors (Lipinski definition) is 6. The van der Waals surface area contributed by atoms with Crippen LogP contribution in [0, 0.1) is 0 Å². The Labute approximate surface area is 117 Å². The zero-order valence-electron chi connectivity index (χ0n) is 11.2. The Morgan fingerprint density at radius 2 is 1.80 bits per heavy atom. The Bertz CT molecular complexity index is 436. The fraction of sp³-hybridized carbons (Fsp3) is 0.429. The van der Waals surface area contributed by atoms with E-state index in [2.05, 4.69) is 4.74 Å². The van der Waals surface area contributed by atoms with E-state index in [4.69, 9.17) is 11.5 Å². The minimum atomic E-state index is -1.49. The van der Waals surface area contributed by atoms with Gasteiger partial charge in [0.2, 0.25) is 0 Å². The normalized spacial score (nSPS) is 13.6. The molecule has 110 valence electrons. The first kappa shape index (κ1) is 16.3. The maximum Gasteiger partial charge on any atom is 0.347 e. The van der Waals surface area contributed by atoms with Crippen LogP contribution < -0.4 is 11.5 Å². The van der Waals surface area contributed by atoms with Crippen LogP contribution in [0.4, 0.5) is 0 Å². The third-order valence-corrected chi connectivity index (χ3v) is 2.81. The fourth-order valence-electron chi connectivity index (χ4n) is 1.63. The summed E-state index contributed by atoms with van der Waals surface area (Å²) >= 11 is 0. The Hall–Kier alpha value is -1.76. The molecule has 0 heterocycles. The molecule has 1 aromatic rings. The predicted octanol–water partition coefficient (Wildman–Crippen LogP) is 0.246. The molecule has 0 radical (unpaired) electrons. The van der Waals surface area contributed by atoms with Crippen LogP contribution in [-0.4, -0.2) is 29.6 Å². The van der Waals surface area contributed by atoms with Crippen molar-refractivity contribution in [3.63, 3.8) is 0 Å². The van der Waals surface area contributed by atoms with Gasteiger partial charge in [-0.15, -0.1) is 0 Å². The van der Waals surface area contributed by atoms with Crippen molar-refractivity contribution in [3.8, 4) is 0 Å². The van der Waals surface area contributed by atoms with Crippen molar-refractivity contribution in [2.24, 2.45) is 11.5 Å². The standard InChI is InChI=1S/C14H20N2O4/c15-9-5-4-8-11(16)13(18)20-14(19)12(17)10-6-2-1-3-7-10/h1-3,6-7,11-12,17H,4-5,8-9,15-16H2/t11-,12+/m0/s1. The molecule has 0 unspecified atom stereocenters. The van der Waals surface area contributed by atoms with Crippen molar-refractivity contribution in [3.05, 3.63) is 35.9 Å². The third-order valence-electron chi connectivity index (χ3n) is 2.81. The van der Waals surface area contributed by atoms with Crippen LogP contribution in [0.15, 0.2) is 30.3 Å². The second-order valence-corrected chi connectivity index (χ2v) is 4.44. The topological polar surface area (TPSA) is 116 Å². The van der Waals surface area contributed by atoms with Crippen LogP contribution in [0.3, 0.4) is 0 Å². The SMILES string of the molecule is NCCCC[C@H](N)C(=O)OC(=O)[C@H](O)c1ccccc1. The lowest BCUT2D eigenvalue weighted by Gasteiger charge is -2.13. The molecule has 0 bridgehead atoms. The van der Waals surface area contributed by atoms with Gasteiger partial charge in [0, 0.05) is 0 Å². The van der Waals surface area contributed by atoms with Gasteiger partial charge in [-0.05, 0) is 24.9 Å². The first-order valence-corrected chi connectivity index (χ1v) is 6.50. The maximum absolute atomic E-state index is 11.6. The largest absolute Gasteiger partial charge is 0.390 e. The van der Waals surface area contributed by atoms with Gasteiger partial charge in [0.15, 0.2) is 6.10 Å². The molecule has 0 amide bonds. The number of rotatable bonds is 7. The number of ether oxygens (including phenoxy) is 1. The number of benzene rings is 1. The van der Waals surface area contributed by atoms with Crippen LogP contribution in [0.25, 0.3) is 0 Å². The molecule has 20 heavy (non-hydrogen) atoms. The summed E-state index contributed by atoms with van der Waals surface area (Å²) in [5, 5.41) is 9.75. The Balaban J connectivity index is 2.47. The molecular formula is C14H20N2O4. The summed E-state index contributed by atoms with van der Waals surface area (Å²) in [7, 11) is 0. The zero-order chi connectivity index (χ0) is 15.0. The molecule has 6 heteroatoms. The molecule has 0 saturated heterocycles. The van der Waals surface area contributed by atoms with Gasteiger partial charge in [-0.2, -0.15) is 0 Å². The number of carbonyl (C=O) groups is 2. The van der Waals surface area contributed by atoms with Gasteiger partial charge in [-0.3, -0.25) is 0 Å². The maximum atomic E-state index is 11.6. The van der Waals surface area contributed by atoms with Crippen molar-refractivity contribution in [1.29, 1.82) is 0 Å². The average Bonchev–Trinajstić information content (AvgIpc) is 2.47. The lowest BCUT2D eigenvalue weighted by molar-refractivity contribution is -0.167. The molecule has 0 aliphatic carbocycles. The van der Waals surface area contributed by atoms with E-state index in [1.807, 2.05) is 0 Å². The van der Waals surface area contributed by atoms with E-state index in [9.17, 15) is 14.7 Å². The summed E-state index contributed by atoms with van der Waals surface area (Å²) in [5.74, 6) is -1.85. The lowest BCUT2D eigenvalue weighted by Crippen LogP contribution is -2.35. The number of nitrogens with two attached hydrogens (primary N) is 2. The number of carbonyl (C=O) groups excluding carboxylic acids is 2. The molecule has 0 aliphatic rings. The lowest BCUT2D eigenvalue weighted by atomic mass is 10.1. The van der Waals surface area contributed by atoms with E-state index < -0.39 is 24.1 Å². The summed E-state index contributed by atoms with van der Waals surface area (Å²) in [6.07, 6.45) is 0.338. The highest BCUT2D eigenvalue weighted by Gasteiger charge is 2.24. The molecule has 1 aromatic carbocycles. The first-order chi connectivity index (χ1) is 9.56. The van der Waals surface area contributed by atoms with Gasteiger partial charge < -0.3 is 21.3 Å². The summed E-state index contributed by atoms with van der Waals surface area (Å²) in [5.41, 5.74) is 11.3. The molecule has 0 aliphatic heterocycles. The van der Waals surface area contributed by atoms with Gasteiger partial charge in [0.1, 0.15) is 6.04 Å². The van der Waals surface area contributed by atoms with E-state index in [1.54, 1.807) is 30.3 Å². The number of aliphatic hydroxyl groups is 1. The Kier molecular flexibility index (Phi) is 6.86. The molecule has 1 rings (SSSR count). The van der Waals surface area contributed by atoms with Gasteiger partial charge in [0.05, 0.1) is 0 Å². The molecule has 0 fully saturated rings. The highest BCUT2D eigenvalue weighted by molar-refractivity contribution is 5.90. The molecule has 0 aromatic heterocycles. The van der Waals surface area contributed by atoms with Crippen LogP contribution >= 0.6 is 0 Å². The summed E-state index contributed by atoms with van der Waals surface area (Å²) in [4.78, 5) is 23.2. The Morgan fingerprint density at radius 3 is 2.40 bits per heavy atom. The van der Waals surface area contributed by atoms with E-state index in [1.165, 1.54) is 0 Å². The quantitative estimate of drug-likeness (QED) is 0.374. The van der Waals surface area contributed by atoms with Crippen LogP contribution in [0.5, 0.6) is 0 Å². The number of hydrogen-bond donors (Lipinski definition) is 3. The van der Waals surface area contributed by atoms with Crippen LogP contribution in [0.2, 0.25) is 0 Å². The van der Waals surface area contributed by atoms with E-state index in [0.717, 1.165) is 6.42 Å². The molecule has 6 nitrogen and oxygen atoms in total. The minimum Gasteiger partial charge on any atom is -0.390 e. The van der Waals surface area contributed by atoms with Gasteiger partial charge in [-0.25, -0.2) is 9.59 Å². The van der Waals surface area contributed by atoms with Crippen LogP contribution in [-0.2, 0) is 14.3 Å². The van der Waals surface area contributed by atoms with Crippen LogP contribution in [0.1, 0.15) is 30.9 Å². The number of unbranched alkanes of at least 4 members (excludes halogenated alkanes) is 1. The number of aliphatic hydroxyl groups excluding tert-OH is 1.